The Kier molecular flexibility index (Phi) is 6.39. The van der Waals surface area contributed by atoms with Crippen molar-refractivity contribution in [3.63, 3.8) is 0 Å². The molecule has 0 spiro atoms. The van der Waals surface area contributed by atoms with Crippen molar-refractivity contribution in [2.45, 2.75) is 33.1 Å². The second-order valence-corrected chi connectivity index (χ2v) is 6.86. The summed E-state index contributed by atoms with van der Waals surface area (Å²) in [6.07, 6.45) is 3.67. The van der Waals surface area contributed by atoms with Crippen LogP contribution in [-0.2, 0) is 16.0 Å². The number of hydrogen-bond acceptors (Lipinski definition) is 5. The molecular weight excluding hydrogens is 368 g/mol. The minimum Gasteiger partial charge on any atom is -0.452 e. The lowest BCUT2D eigenvalue weighted by Crippen LogP contribution is -2.21. The summed E-state index contributed by atoms with van der Waals surface area (Å²) < 4.78 is 6.80. The molecule has 0 radical (unpaired) electrons. The minimum absolute atomic E-state index is 0.326. The van der Waals surface area contributed by atoms with E-state index in [0.29, 0.717) is 35.1 Å². The van der Waals surface area contributed by atoms with Gasteiger partial charge in [0.2, 0.25) is 0 Å². The first-order valence-corrected chi connectivity index (χ1v) is 9.54. The summed E-state index contributed by atoms with van der Waals surface area (Å²) in [7, 11) is 0. The van der Waals surface area contributed by atoms with Gasteiger partial charge in [-0.05, 0) is 42.2 Å². The molecular formula is C22H24N4O3. The van der Waals surface area contributed by atoms with E-state index in [0.717, 1.165) is 0 Å². The summed E-state index contributed by atoms with van der Waals surface area (Å²) in [5, 5.41) is 6.98. The van der Waals surface area contributed by atoms with E-state index in [9.17, 15) is 9.59 Å². The molecule has 0 aliphatic carbocycles. The van der Waals surface area contributed by atoms with E-state index in [1.165, 1.54) is 11.8 Å². The molecule has 29 heavy (non-hydrogen) atoms. The number of carbonyl (C=O) groups is 2. The van der Waals surface area contributed by atoms with Crippen LogP contribution in [-0.4, -0.2) is 33.2 Å². The summed E-state index contributed by atoms with van der Waals surface area (Å²) in [5.74, 6) is 0.0478. The molecule has 0 aliphatic heterocycles. The molecule has 3 aromatic rings. The third kappa shape index (κ3) is 4.87. The van der Waals surface area contributed by atoms with Crippen molar-refractivity contribution in [3.05, 3.63) is 71.7 Å². The molecule has 1 amide bonds. The van der Waals surface area contributed by atoms with E-state index in [1.807, 2.05) is 43.3 Å². The number of carbonyl (C=O) groups excluding carboxylic acids is 2. The number of nitrogens with one attached hydrogen (secondary N) is 1. The maximum absolute atomic E-state index is 12.5. The van der Waals surface area contributed by atoms with Crippen LogP contribution in [0.3, 0.4) is 0 Å². The van der Waals surface area contributed by atoms with Gasteiger partial charge in [0.05, 0.1) is 11.9 Å². The highest BCUT2D eigenvalue weighted by atomic mass is 16.5. The zero-order valence-corrected chi connectivity index (χ0v) is 16.8. The Morgan fingerprint density at radius 1 is 1.14 bits per heavy atom. The Bertz CT molecular complexity index is 979. The summed E-state index contributed by atoms with van der Waals surface area (Å²) in [4.78, 5) is 28.9. The molecule has 2 aromatic heterocycles. The van der Waals surface area contributed by atoms with E-state index in [-0.39, 0.29) is 6.61 Å². The van der Waals surface area contributed by atoms with Gasteiger partial charge in [-0.2, -0.15) is 5.10 Å². The van der Waals surface area contributed by atoms with E-state index in [2.05, 4.69) is 29.2 Å². The van der Waals surface area contributed by atoms with Crippen LogP contribution < -0.4 is 5.32 Å². The summed E-state index contributed by atoms with van der Waals surface area (Å²) >= 11 is 0. The van der Waals surface area contributed by atoms with Crippen LogP contribution in [0, 0.1) is 0 Å². The van der Waals surface area contributed by atoms with Gasteiger partial charge >= 0.3 is 5.97 Å². The van der Waals surface area contributed by atoms with Crippen LogP contribution in [0.5, 0.6) is 0 Å². The van der Waals surface area contributed by atoms with Crippen LogP contribution >= 0.6 is 0 Å². The van der Waals surface area contributed by atoms with Gasteiger partial charge in [0.15, 0.2) is 12.4 Å². The number of hydrogen-bond donors (Lipinski definition) is 1. The van der Waals surface area contributed by atoms with Crippen molar-refractivity contribution < 1.29 is 14.3 Å². The molecule has 0 aliphatic rings. The molecule has 0 unspecified atom stereocenters. The molecule has 1 aromatic carbocycles. The molecule has 0 fully saturated rings. The number of nitrogens with zero attached hydrogens (tertiary/aromatic N) is 3. The smallest absolute Gasteiger partial charge is 0.342 e. The Morgan fingerprint density at radius 2 is 1.90 bits per heavy atom. The van der Waals surface area contributed by atoms with Crippen LogP contribution in [0.2, 0.25) is 0 Å². The molecule has 1 N–H and O–H groups in total. The van der Waals surface area contributed by atoms with Gasteiger partial charge in [0, 0.05) is 11.9 Å². The molecule has 0 atom stereocenters. The highest BCUT2D eigenvalue weighted by Gasteiger charge is 2.19. The van der Waals surface area contributed by atoms with Gasteiger partial charge in [0.25, 0.3) is 5.91 Å². The van der Waals surface area contributed by atoms with Gasteiger partial charge in [-0.3, -0.25) is 4.79 Å². The number of amides is 1. The Balaban J connectivity index is 1.62. The summed E-state index contributed by atoms with van der Waals surface area (Å²) in [6, 6.07) is 13.1. The quantitative estimate of drug-likeness (QED) is 0.619. The number of ether oxygens (including phenoxy) is 1. The highest BCUT2D eigenvalue weighted by molar-refractivity contribution is 5.96. The molecule has 0 saturated heterocycles. The fourth-order valence-corrected chi connectivity index (χ4v) is 2.92. The van der Waals surface area contributed by atoms with Crippen LogP contribution in [0.1, 0.15) is 48.3 Å². The Hall–Kier alpha value is -3.48. The van der Waals surface area contributed by atoms with Gasteiger partial charge in [-0.25, -0.2) is 14.5 Å². The normalized spacial score (nSPS) is 10.8. The lowest BCUT2D eigenvalue weighted by Gasteiger charge is -2.09. The monoisotopic (exact) mass is 392 g/mol. The maximum atomic E-state index is 12.5. The number of benzene rings is 1. The zero-order chi connectivity index (χ0) is 20.8. The molecule has 3 rings (SSSR count). The first kappa shape index (κ1) is 20.3. The predicted octanol–water partition coefficient (Wildman–Crippen LogP) is 3.75. The van der Waals surface area contributed by atoms with Crippen molar-refractivity contribution >= 4 is 17.6 Å². The molecule has 150 valence electrons. The Labute approximate surface area is 169 Å². The second-order valence-electron chi connectivity index (χ2n) is 6.86. The first-order valence-electron chi connectivity index (χ1n) is 9.54. The number of rotatable bonds is 7. The van der Waals surface area contributed by atoms with Gasteiger partial charge in [0.1, 0.15) is 5.56 Å². The van der Waals surface area contributed by atoms with Crippen molar-refractivity contribution in [1.29, 1.82) is 0 Å². The lowest BCUT2D eigenvalue weighted by molar-refractivity contribution is -0.119. The zero-order valence-electron chi connectivity index (χ0n) is 16.8. The first-order chi connectivity index (χ1) is 14.0. The average molecular weight is 392 g/mol. The maximum Gasteiger partial charge on any atom is 0.342 e. The van der Waals surface area contributed by atoms with Crippen LogP contribution in [0.25, 0.3) is 5.82 Å². The van der Waals surface area contributed by atoms with E-state index < -0.39 is 11.9 Å². The molecule has 2 heterocycles. The minimum atomic E-state index is -0.589. The number of anilines is 1. The number of pyridine rings is 1. The van der Waals surface area contributed by atoms with Gasteiger partial charge in [-0.15, -0.1) is 0 Å². The number of esters is 1. The number of aromatic nitrogens is 3. The van der Waals surface area contributed by atoms with Crippen molar-refractivity contribution in [2.75, 3.05) is 11.9 Å². The van der Waals surface area contributed by atoms with Crippen LogP contribution in [0.15, 0.2) is 54.9 Å². The highest BCUT2D eigenvalue weighted by Crippen LogP contribution is 2.18. The van der Waals surface area contributed by atoms with Crippen molar-refractivity contribution in [1.82, 2.24) is 14.8 Å². The topological polar surface area (TPSA) is 86.1 Å². The third-order valence-electron chi connectivity index (χ3n) is 4.49. The van der Waals surface area contributed by atoms with Gasteiger partial charge in [-0.1, -0.05) is 39.0 Å². The second kappa shape index (κ2) is 9.14. The summed E-state index contributed by atoms with van der Waals surface area (Å²) in [6.45, 7) is 5.75. The lowest BCUT2D eigenvalue weighted by atomic mass is 10.0. The molecule has 0 bridgehead atoms. The largest absolute Gasteiger partial charge is 0.452 e. The standard InChI is InChI=1S/C22H24N4O3/c1-4-19-18(13-24-26(19)20-7-5-6-12-23-20)22(28)29-14-21(27)25-17-10-8-16(9-11-17)15(2)3/h5-13,15H,4,14H2,1-3H3,(H,25,27). The Morgan fingerprint density at radius 3 is 2.52 bits per heavy atom. The van der Waals surface area contributed by atoms with Crippen LogP contribution in [0.4, 0.5) is 5.69 Å². The van der Waals surface area contributed by atoms with E-state index in [1.54, 1.807) is 16.9 Å². The van der Waals surface area contributed by atoms with E-state index >= 15 is 0 Å². The van der Waals surface area contributed by atoms with Gasteiger partial charge < -0.3 is 10.1 Å². The summed E-state index contributed by atoms with van der Waals surface area (Å²) in [5.41, 5.74) is 2.85. The predicted molar refractivity (Wildman–Crippen MR) is 110 cm³/mol. The molecule has 7 heteroatoms. The van der Waals surface area contributed by atoms with E-state index in [4.69, 9.17) is 4.74 Å². The van der Waals surface area contributed by atoms with Crippen molar-refractivity contribution in [2.24, 2.45) is 0 Å². The SMILES string of the molecule is CCc1c(C(=O)OCC(=O)Nc2ccc(C(C)C)cc2)cnn1-c1ccccn1. The fraction of sp³-hybridized carbons (Fsp3) is 0.273. The fourth-order valence-electron chi connectivity index (χ4n) is 2.92. The van der Waals surface area contributed by atoms with Crippen molar-refractivity contribution in [3.8, 4) is 5.82 Å². The molecule has 7 nitrogen and oxygen atoms in total. The molecule has 0 saturated carbocycles. The average Bonchev–Trinajstić information content (AvgIpc) is 3.17. The third-order valence-corrected chi connectivity index (χ3v) is 4.49.